The van der Waals surface area contributed by atoms with E-state index in [9.17, 15) is 0 Å². The highest BCUT2D eigenvalue weighted by Gasteiger charge is 2.04. The molecule has 4 nitrogen and oxygen atoms in total. The maximum atomic E-state index is 4.19. The molecular formula is C17H18N4. The largest absolute Gasteiger partial charge is 0.378 e. The average molecular weight is 278 g/mol. The van der Waals surface area contributed by atoms with Crippen molar-refractivity contribution < 1.29 is 0 Å². The molecule has 2 aromatic heterocycles. The Balaban J connectivity index is 1.80. The molecule has 0 amide bonds. The number of pyridine rings is 2. The number of benzene rings is 1. The Morgan fingerprint density at radius 3 is 2.62 bits per heavy atom. The van der Waals surface area contributed by atoms with Gasteiger partial charge in [0.15, 0.2) is 0 Å². The first-order valence-electron chi connectivity index (χ1n) is 6.92. The molecule has 0 saturated carbocycles. The van der Waals surface area contributed by atoms with Crippen LogP contribution in [0.4, 0.5) is 11.4 Å². The van der Waals surface area contributed by atoms with E-state index in [1.54, 1.807) is 0 Å². The maximum Gasteiger partial charge on any atom is 0.0766 e. The summed E-state index contributed by atoms with van der Waals surface area (Å²) in [5, 5.41) is 5.83. The molecule has 0 unspecified atom stereocenters. The summed E-state index contributed by atoms with van der Waals surface area (Å²) >= 11 is 0. The Labute approximate surface area is 124 Å². The molecule has 4 heteroatoms. The Kier molecular flexibility index (Phi) is 3.69. The van der Waals surface area contributed by atoms with Gasteiger partial charge in [0.1, 0.15) is 0 Å². The van der Waals surface area contributed by atoms with E-state index >= 15 is 0 Å². The SMILES string of the molecule is CN(C)c1ccncc1NCc1ccc2cnccc2c1. The number of nitrogens with zero attached hydrogens (tertiary/aromatic N) is 3. The van der Waals surface area contributed by atoms with Crippen LogP contribution in [0.2, 0.25) is 0 Å². The number of hydrogen-bond donors (Lipinski definition) is 1. The van der Waals surface area contributed by atoms with Gasteiger partial charge in [0.25, 0.3) is 0 Å². The van der Waals surface area contributed by atoms with Crippen LogP contribution < -0.4 is 10.2 Å². The van der Waals surface area contributed by atoms with Crippen LogP contribution in [0.3, 0.4) is 0 Å². The second-order valence-electron chi connectivity index (χ2n) is 5.20. The van der Waals surface area contributed by atoms with E-state index < -0.39 is 0 Å². The van der Waals surface area contributed by atoms with E-state index in [4.69, 9.17) is 0 Å². The fraction of sp³-hybridized carbons (Fsp3) is 0.176. The smallest absolute Gasteiger partial charge is 0.0766 e. The Morgan fingerprint density at radius 1 is 0.952 bits per heavy atom. The molecule has 3 rings (SSSR count). The molecule has 1 aromatic carbocycles. The van der Waals surface area contributed by atoms with Gasteiger partial charge in [-0.3, -0.25) is 9.97 Å². The molecule has 2 heterocycles. The summed E-state index contributed by atoms with van der Waals surface area (Å²) in [4.78, 5) is 10.4. The first kappa shape index (κ1) is 13.4. The van der Waals surface area contributed by atoms with Crippen LogP contribution in [0.1, 0.15) is 5.56 Å². The molecule has 0 aliphatic rings. The van der Waals surface area contributed by atoms with E-state index in [2.05, 4.69) is 38.4 Å². The van der Waals surface area contributed by atoms with Crippen molar-refractivity contribution in [2.75, 3.05) is 24.3 Å². The van der Waals surface area contributed by atoms with Gasteiger partial charge in [0.2, 0.25) is 0 Å². The van der Waals surface area contributed by atoms with Gasteiger partial charge in [0.05, 0.1) is 17.6 Å². The van der Waals surface area contributed by atoms with Crippen LogP contribution in [-0.4, -0.2) is 24.1 Å². The number of anilines is 2. The Morgan fingerprint density at radius 2 is 1.76 bits per heavy atom. The van der Waals surface area contributed by atoms with Crippen molar-refractivity contribution in [3.8, 4) is 0 Å². The molecule has 0 aliphatic heterocycles. The van der Waals surface area contributed by atoms with Crippen molar-refractivity contribution >= 4 is 22.1 Å². The molecule has 0 saturated heterocycles. The van der Waals surface area contributed by atoms with Crippen LogP contribution in [-0.2, 0) is 6.54 Å². The quantitative estimate of drug-likeness (QED) is 0.795. The third-order valence-corrected chi connectivity index (χ3v) is 3.47. The average Bonchev–Trinajstić information content (AvgIpc) is 2.53. The van der Waals surface area contributed by atoms with Crippen molar-refractivity contribution in [1.29, 1.82) is 0 Å². The van der Waals surface area contributed by atoms with Crippen LogP contribution in [0.5, 0.6) is 0 Å². The Hall–Kier alpha value is -2.62. The second kappa shape index (κ2) is 5.79. The monoisotopic (exact) mass is 278 g/mol. The van der Waals surface area contributed by atoms with Crippen molar-refractivity contribution in [3.63, 3.8) is 0 Å². The second-order valence-corrected chi connectivity index (χ2v) is 5.20. The summed E-state index contributed by atoms with van der Waals surface area (Å²) in [6.45, 7) is 0.769. The van der Waals surface area contributed by atoms with Gasteiger partial charge in [-0.05, 0) is 29.1 Å². The lowest BCUT2D eigenvalue weighted by molar-refractivity contribution is 1.09. The summed E-state index contributed by atoms with van der Waals surface area (Å²) in [6, 6.07) is 10.5. The van der Waals surface area contributed by atoms with Crippen molar-refractivity contribution in [2.45, 2.75) is 6.54 Å². The predicted molar refractivity (Wildman–Crippen MR) is 87.6 cm³/mol. The summed E-state index contributed by atoms with van der Waals surface area (Å²) in [5.41, 5.74) is 3.41. The highest BCUT2D eigenvalue weighted by atomic mass is 15.1. The summed E-state index contributed by atoms with van der Waals surface area (Å²) in [5.74, 6) is 0. The van der Waals surface area contributed by atoms with E-state index in [0.717, 1.165) is 23.3 Å². The topological polar surface area (TPSA) is 41.1 Å². The van der Waals surface area contributed by atoms with E-state index in [1.807, 2.05) is 51.0 Å². The molecule has 0 aliphatic carbocycles. The van der Waals surface area contributed by atoms with Crippen molar-refractivity contribution in [1.82, 2.24) is 9.97 Å². The van der Waals surface area contributed by atoms with Crippen molar-refractivity contribution in [2.24, 2.45) is 0 Å². The zero-order chi connectivity index (χ0) is 14.7. The summed E-state index contributed by atoms with van der Waals surface area (Å²) < 4.78 is 0. The Bertz CT molecular complexity index is 752. The normalized spacial score (nSPS) is 10.6. The number of fused-ring (bicyclic) bond motifs is 1. The zero-order valence-corrected chi connectivity index (χ0v) is 12.2. The van der Waals surface area contributed by atoms with E-state index in [1.165, 1.54) is 10.9 Å². The number of hydrogen-bond acceptors (Lipinski definition) is 4. The molecule has 0 radical (unpaired) electrons. The molecular weight excluding hydrogens is 260 g/mol. The molecule has 0 bridgehead atoms. The molecule has 106 valence electrons. The number of rotatable bonds is 4. The zero-order valence-electron chi connectivity index (χ0n) is 12.2. The fourth-order valence-corrected chi connectivity index (χ4v) is 2.35. The minimum absolute atomic E-state index is 0.769. The van der Waals surface area contributed by atoms with E-state index in [-0.39, 0.29) is 0 Å². The highest BCUT2D eigenvalue weighted by Crippen LogP contribution is 2.23. The lowest BCUT2D eigenvalue weighted by atomic mass is 10.1. The predicted octanol–water partition coefficient (Wildman–Crippen LogP) is 3.31. The molecule has 3 aromatic rings. The van der Waals surface area contributed by atoms with Gasteiger partial charge < -0.3 is 10.2 Å². The molecule has 1 N–H and O–H groups in total. The molecule has 21 heavy (non-hydrogen) atoms. The number of aromatic nitrogens is 2. The third kappa shape index (κ3) is 2.94. The first-order chi connectivity index (χ1) is 10.2. The minimum Gasteiger partial charge on any atom is -0.378 e. The van der Waals surface area contributed by atoms with Crippen LogP contribution in [0.25, 0.3) is 10.8 Å². The van der Waals surface area contributed by atoms with Crippen molar-refractivity contribution in [3.05, 3.63) is 60.7 Å². The van der Waals surface area contributed by atoms with Crippen LogP contribution >= 0.6 is 0 Å². The highest BCUT2D eigenvalue weighted by molar-refractivity contribution is 5.82. The van der Waals surface area contributed by atoms with Gasteiger partial charge in [-0.25, -0.2) is 0 Å². The standard InChI is InChI=1S/C17H18N4/c1-21(2)17-6-8-19-12-16(17)20-10-13-3-4-15-11-18-7-5-14(15)9-13/h3-9,11-12,20H,10H2,1-2H3. The minimum atomic E-state index is 0.769. The van der Waals surface area contributed by atoms with Gasteiger partial charge in [-0.15, -0.1) is 0 Å². The van der Waals surface area contributed by atoms with Gasteiger partial charge in [0, 0.05) is 44.6 Å². The lowest BCUT2D eigenvalue weighted by Crippen LogP contribution is -2.12. The maximum absolute atomic E-state index is 4.19. The molecule has 0 atom stereocenters. The van der Waals surface area contributed by atoms with Gasteiger partial charge >= 0.3 is 0 Å². The fourth-order valence-electron chi connectivity index (χ4n) is 2.35. The molecule has 0 fully saturated rings. The third-order valence-electron chi connectivity index (χ3n) is 3.47. The van der Waals surface area contributed by atoms with Crippen LogP contribution in [0.15, 0.2) is 55.1 Å². The first-order valence-corrected chi connectivity index (χ1v) is 6.92. The van der Waals surface area contributed by atoms with Gasteiger partial charge in [-0.2, -0.15) is 0 Å². The van der Waals surface area contributed by atoms with Gasteiger partial charge in [-0.1, -0.05) is 12.1 Å². The molecule has 0 spiro atoms. The number of nitrogens with one attached hydrogen (secondary N) is 1. The van der Waals surface area contributed by atoms with E-state index in [0.29, 0.717) is 0 Å². The summed E-state index contributed by atoms with van der Waals surface area (Å²) in [7, 11) is 4.06. The van der Waals surface area contributed by atoms with Crippen LogP contribution in [0, 0.1) is 0 Å². The summed E-state index contributed by atoms with van der Waals surface area (Å²) in [6.07, 6.45) is 7.38. The lowest BCUT2D eigenvalue weighted by Gasteiger charge is -2.18.